The van der Waals surface area contributed by atoms with Gasteiger partial charge in [-0.3, -0.25) is 0 Å². The second kappa shape index (κ2) is 6.22. The fourth-order valence-corrected chi connectivity index (χ4v) is 6.98. The molecule has 0 saturated carbocycles. The van der Waals surface area contributed by atoms with E-state index in [0.29, 0.717) is 0 Å². The molecule has 0 unspecified atom stereocenters. The molecule has 0 fully saturated rings. The quantitative estimate of drug-likeness (QED) is 0.420. The van der Waals surface area contributed by atoms with E-state index in [4.69, 9.17) is 13.6 Å². The van der Waals surface area contributed by atoms with Gasteiger partial charge in [-0.2, -0.15) is 0 Å². The van der Waals surface area contributed by atoms with E-state index < -0.39 is 42.5 Å². The van der Waals surface area contributed by atoms with Gasteiger partial charge in [0.2, 0.25) is 0 Å². The van der Waals surface area contributed by atoms with Crippen LogP contribution < -0.4 is 4.52 Å². The predicted molar refractivity (Wildman–Crippen MR) is 85.6 cm³/mol. The van der Waals surface area contributed by atoms with Crippen LogP contribution in [0.15, 0.2) is 41.9 Å². The van der Waals surface area contributed by atoms with Gasteiger partial charge in [-0.15, -0.1) is 0 Å². The van der Waals surface area contributed by atoms with Gasteiger partial charge in [0.05, 0.1) is 0 Å². The first kappa shape index (κ1) is 20.7. The van der Waals surface area contributed by atoms with Gasteiger partial charge in [0.1, 0.15) is 0 Å². The molecule has 0 amide bonds. The van der Waals surface area contributed by atoms with Crippen LogP contribution in [0.2, 0.25) is 0 Å². The Labute approximate surface area is 147 Å². The Bertz CT molecular complexity index is 656. The molecule has 0 saturated heterocycles. The van der Waals surface area contributed by atoms with Crippen LogP contribution in [-0.2, 0) is 9.05 Å². The summed E-state index contributed by atoms with van der Waals surface area (Å²) in [6, 6.07) is 7.56. The molecular formula is C16H19F6O3P. The molecule has 0 N–H and O–H groups in total. The number of rotatable bonds is 4. The number of hydrogen-bond donors (Lipinski definition) is 0. The zero-order chi connectivity index (χ0) is 20.0. The van der Waals surface area contributed by atoms with Crippen LogP contribution in [0.3, 0.4) is 0 Å². The molecule has 0 aliphatic carbocycles. The average molecular weight is 404 g/mol. The van der Waals surface area contributed by atoms with Crippen LogP contribution in [0.4, 0.5) is 26.3 Å². The van der Waals surface area contributed by atoms with E-state index in [1.54, 1.807) is 18.2 Å². The summed E-state index contributed by atoms with van der Waals surface area (Å²) in [7, 11) is -4.94. The van der Waals surface area contributed by atoms with Gasteiger partial charge in [0.15, 0.2) is 0 Å². The molecule has 148 valence electrons. The third-order valence-corrected chi connectivity index (χ3v) is 9.53. The van der Waals surface area contributed by atoms with Crippen molar-refractivity contribution >= 4 is 7.28 Å². The summed E-state index contributed by atoms with van der Waals surface area (Å²) in [4.78, 5) is 0. The van der Waals surface area contributed by atoms with Crippen LogP contribution in [-0.4, -0.2) is 23.7 Å². The maximum absolute atomic E-state index is 13.3. The zero-order valence-electron chi connectivity index (χ0n) is 14.5. The third-order valence-electron chi connectivity index (χ3n) is 4.15. The van der Waals surface area contributed by atoms with Crippen LogP contribution >= 0.6 is 7.28 Å². The van der Waals surface area contributed by atoms with E-state index in [1.165, 1.54) is 39.8 Å². The summed E-state index contributed by atoms with van der Waals surface area (Å²) >= 11 is 0. The first-order valence-corrected chi connectivity index (χ1v) is 9.91. The first-order chi connectivity index (χ1) is 11.7. The topological polar surface area (TPSA) is 27.7 Å². The number of allylic oxidation sites excluding steroid dienone is 2. The van der Waals surface area contributed by atoms with Gasteiger partial charge in [-0.05, 0) is 0 Å². The second-order valence-electron chi connectivity index (χ2n) is 6.43. The SMILES string of the molecule is CC(C)P1(Oc2ccccc2)(C(C)C)OC(C(F)(F)F)=C(C(F)(F)F)O1. The van der Waals surface area contributed by atoms with Crippen molar-refractivity contribution in [2.24, 2.45) is 0 Å². The van der Waals surface area contributed by atoms with Crippen LogP contribution in [0.1, 0.15) is 27.7 Å². The summed E-state index contributed by atoms with van der Waals surface area (Å²) < 4.78 is 95.9. The first-order valence-electron chi connectivity index (χ1n) is 7.78. The Kier molecular flexibility index (Phi) is 4.95. The van der Waals surface area contributed by atoms with Crippen molar-refractivity contribution in [2.75, 3.05) is 0 Å². The van der Waals surface area contributed by atoms with Crippen molar-refractivity contribution < 1.29 is 39.9 Å². The molecule has 26 heavy (non-hydrogen) atoms. The average Bonchev–Trinajstić information content (AvgIpc) is 2.87. The molecule has 1 aliphatic rings. The summed E-state index contributed by atoms with van der Waals surface area (Å²) in [5, 5.41) is 0. The molecule has 1 heterocycles. The molecule has 0 aromatic heterocycles. The van der Waals surface area contributed by atoms with Gasteiger partial charge < -0.3 is 0 Å². The molecule has 0 spiro atoms. The molecule has 1 aromatic carbocycles. The van der Waals surface area contributed by atoms with Crippen molar-refractivity contribution in [1.82, 2.24) is 0 Å². The van der Waals surface area contributed by atoms with Crippen molar-refractivity contribution in [1.29, 1.82) is 0 Å². The van der Waals surface area contributed by atoms with E-state index in [9.17, 15) is 26.3 Å². The summed E-state index contributed by atoms with van der Waals surface area (Å²) in [5.41, 5.74) is -1.81. The molecule has 10 heteroatoms. The fraction of sp³-hybridized carbons (Fsp3) is 0.500. The molecular weight excluding hydrogens is 385 g/mol. The molecule has 3 nitrogen and oxygen atoms in total. The van der Waals surface area contributed by atoms with Gasteiger partial charge in [0, 0.05) is 0 Å². The number of hydrogen-bond acceptors (Lipinski definition) is 3. The number of benzene rings is 1. The Morgan fingerprint density at radius 2 is 1.15 bits per heavy atom. The van der Waals surface area contributed by atoms with Crippen molar-refractivity contribution in [3.63, 3.8) is 0 Å². The van der Waals surface area contributed by atoms with E-state index >= 15 is 0 Å². The second-order valence-corrected chi connectivity index (χ2v) is 11.1. The fourth-order valence-electron chi connectivity index (χ4n) is 2.78. The molecule has 0 radical (unpaired) electrons. The molecule has 0 atom stereocenters. The monoisotopic (exact) mass is 404 g/mol. The zero-order valence-corrected chi connectivity index (χ0v) is 15.4. The minimum atomic E-state index is -5.38. The summed E-state index contributed by atoms with van der Waals surface area (Å²) in [5.74, 6) is -4.32. The maximum atomic E-state index is 13.3. The van der Waals surface area contributed by atoms with E-state index in [2.05, 4.69) is 0 Å². The number of alkyl halides is 6. The van der Waals surface area contributed by atoms with Gasteiger partial charge in [0.25, 0.3) is 0 Å². The third kappa shape index (κ3) is 3.21. The molecule has 1 aromatic rings. The van der Waals surface area contributed by atoms with Crippen molar-refractivity contribution in [2.45, 2.75) is 51.4 Å². The van der Waals surface area contributed by atoms with Gasteiger partial charge in [-0.1, -0.05) is 0 Å². The van der Waals surface area contributed by atoms with Crippen molar-refractivity contribution in [3.8, 4) is 5.75 Å². The van der Waals surface area contributed by atoms with Crippen LogP contribution in [0.5, 0.6) is 5.75 Å². The predicted octanol–water partition coefficient (Wildman–Crippen LogP) is 6.56. The number of para-hydroxylation sites is 1. The van der Waals surface area contributed by atoms with E-state index in [0.717, 1.165) is 0 Å². The van der Waals surface area contributed by atoms with E-state index in [-0.39, 0.29) is 5.75 Å². The van der Waals surface area contributed by atoms with Crippen LogP contribution in [0, 0.1) is 0 Å². The van der Waals surface area contributed by atoms with Gasteiger partial charge in [-0.25, -0.2) is 0 Å². The number of halogens is 6. The Balaban J connectivity index is 2.70. The van der Waals surface area contributed by atoms with E-state index in [1.807, 2.05) is 0 Å². The Morgan fingerprint density at radius 3 is 1.46 bits per heavy atom. The Morgan fingerprint density at radius 1 is 0.769 bits per heavy atom. The standard InChI is InChI=1S/C16H19F6O3P/c1-10(2)26(11(3)4,23-12-8-6-5-7-9-12)24-13(15(17,18)19)14(25-26)16(20,21)22/h5-11H,1-4H3. The molecule has 1 aliphatic heterocycles. The Hall–Kier alpha value is -1.63. The summed E-state index contributed by atoms with van der Waals surface area (Å²) in [6.07, 6.45) is -10.8. The summed E-state index contributed by atoms with van der Waals surface area (Å²) in [6.45, 7) is 5.70. The van der Waals surface area contributed by atoms with Gasteiger partial charge >= 0.3 is 146 Å². The van der Waals surface area contributed by atoms with Crippen molar-refractivity contribution in [3.05, 3.63) is 41.9 Å². The normalized spacial score (nSPS) is 21.2. The van der Waals surface area contributed by atoms with Crippen LogP contribution in [0.25, 0.3) is 0 Å². The molecule has 2 rings (SSSR count). The minimum absolute atomic E-state index is 0.0671. The molecule has 0 bridgehead atoms.